The van der Waals surface area contributed by atoms with Gasteiger partial charge in [0, 0.05) is 0 Å². The topological polar surface area (TPSA) is 0 Å². The smallest absolute Gasteiger partial charge is 0.243 e. The second kappa shape index (κ2) is 1.60. The summed E-state index contributed by atoms with van der Waals surface area (Å²) in [7, 11) is 0. The van der Waals surface area contributed by atoms with Crippen molar-refractivity contribution in [3.8, 4) is 0 Å². The zero-order chi connectivity index (χ0) is 2.99. The fourth-order valence-corrected chi connectivity index (χ4v) is 0.0722. The maximum atomic E-state index is 3.61. The van der Waals surface area contributed by atoms with Crippen molar-refractivity contribution in [2.45, 2.75) is 6.42 Å². The Balaban J connectivity index is 0.000000160. The van der Waals surface area contributed by atoms with E-state index in [0.717, 1.165) is 0 Å². The maximum Gasteiger partial charge on any atom is 1.00 e. The Morgan fingerprint density at radius 2 is 2.00 bits per heavy atom. The largest absolute Gasteiger partial charge is 1.00 e. The van der Waals surface area contributed by atoms with E-state index >= 15 is 0 Å². The molecule has 1 rings (SSSR count). The number of allylic oxidation sites excluding steroid dienone is 1. The molecule has 22 valence electrons. The van der Waals surface area contributed by atoms with Crippen LogP contribution in [0.15, 0.2) is 12.2 Å². The minimum absolute atomic E-state index is 0. The van der Waals surface area contributed by atoms with Gasteiger partial charge in [-0.2, -0.15) is 0 Å². The molecule has 0 saturated heterocycles. The fourth-order valence-electron chi connectivity index (χ4n) is 0.0722. The minimum atomic E-state index is 0. The molecule has 0 heterocycles. The van der Waals surface area contributed by atoms with Crippen molar-refractivity contribution < 1.29 is 18.9 Å². The normalized spacial score (nSPS) is 15.6. The van der Waals surface area contributed by atoms with Gasteiger partial charge in [0.1, 0.15) is 0 Å². The van der Waals surface area contributed by atoms with Crippen LogP contribution < -0.4 is 18.9 Å². The first-order valence-corrected chi connectivity index (χ1v) is 1.40. The van der Waals surface area contributed by atoms with Gasteiger partial charge in [-0.1, -0.05) is 0 Å². The third kappa shape index (κ3) is 1.99. The van der Waals surface area contributed by atoms with Crippen molar-refractivity contribution >= 4 is 0 Å². The molecule has 0 nitrogen and oxygen atoms in total. The van der Waals surface area contributed by atoms with Crippen molar-refractivity contribution in [1.29, 1.82) is 0 Å². The predicted octanol–water partition coefficient (Wildman–Crippen LogP) is -1.85. The Kier molecular flexibility index (Phi) is 1.66. The molecule has 1 saturated carbocycles. The summed E-state index contributed by atoms with van der Waals surface area (Å²) in [5.41, 5.74) is 1.29. The van der Waals surface area contributed by atoms with Crippen LogP contribution in [0.3, 0.4) is 0 Å². The molecule has 0 aliphatic heterocycles. The second-order valence-electron chi connectivity index (χ2n) is 1.07. The van der Waals surface area contributed by atoms with Crippen molar-refractivity contribution in [3.05, 3.63) is 18.6 Å². The summed E-state index contributed by atoms with van der Waals surface area (Å²) in [6, 6.07) is 0. The Bertz CT molecular complexity index is 41.6. The number of hydrogen-bond donors (Lipinski definition) is 0. The Morgan fingerprint density at radius 1 is 1.80 bits per heavy atom. The van der Waals surface area contributed by atoms with Crippen LogP contribution in [-0.4, -0.2) is 0 Å². The van der Waals surface area contributed by atoms with Crippen molar-refractivity contribution in [1.82, 2.24) is 0 Å². The van der Waals surface area contributed by atoms with Crippen LogP contribution in [0.2, 0.25) is 0 Å². The zero-order valence-electron chi connectivity index (χ0n) is 3.49. The van der Waals surface area contributed by atoms with Crippen LogP contribution in [0.4, 0.5) is 0 Å². The molecule has 1 aliphatic rings. The van der Waals surface area contributed by atoms with Crippen LogP contribution in [0.25, 0.3) is 0 Å². The average molecular weight is 60.0 g/mol. The molecule has 0 amide bonds. The summed E-state index contributed by atoms with van der Waals surface area (Å²) in [6.45, 7) is 3.61. The van der Waals surface area contributed by atoms with E-state index in [-0.39, 0.29) is 18.9 Å². The van der Waals surface area contributed by atoms with E-state index in [4.69, 9.17) is 0 Å². The Hall–Kier alpha value is 0.207. The summed E-state index contributed by atoms with van der Waals surface area (Å²) in [6.07, 6.45) is 3.26. The van der Waals surface area contributed by atoms with Gasteiger partial charge in [0.15, 0.2) is 0 Å². The molecule has 0 unspecified atom stereocenters. The first kappa shape index (κ1) is 5.21. The van der Waals surface area contributed by atoms with Gasteiger partial charge in [-0.05, 0) is 0 Å². The molecule has 0 radical (unpaired) electrons. The minimum Gasteiger partial charge on any atom is -0.243 e. The molecule has 1 aliphatic carbocycles. The molecule has 0 N–H and O–H groups in total. The van der Waals surface area contributed by atoms with Crippen molar-refractivity contribution in [3.63, 3.8) is 0 Å². The summed E-state index contributed by atoms with van der Waals surface area (Å²) in [4.78, 5) is 0. The quantitative estimate of drug-likeness (QED) is 0.227. The summed E-state index contributed by atoms with van der Waals surface area (Å²) in [5.74, 6) is 0. The van der Waals surface area contributed by atoms with Gasteiger partial charge in [0.2, 0.25) is 0 Å². The molecule has 1 fully saturated rings. The zero-order valence-corrected chi connectivity index (χ0v) is 3.49. The first-order valence-electron chi connectivity index (χ1n) is 1.40. The maximum absolute atomic E-state index is 3.61. The Labute approximate surface area is 44.4 Å². The standard InChI is InChI=1S/C4H5.Li/c1-4-2-3-4;/h2H,1,3H2;/q-1;+1. The molecule has 0 spiro atoms. The Morgan fingerprint density at radius 3 is 2.00 bits per heavy atom. The molecular formula is C4H5Li. The average Bonchev–Trinajstić information content (AvgIpc) is 1.75. The molecule has 0 aromatic rings. The molecule has 0 atom stereocenters. The van der Waals surface area contributed by atoms with Gasteiger partial charge >= 0.3 is 18.9 Å². The van der Waals surface area contributed by atoms with Crippen LogP contribution in [-0.2, 0) is 0 Å². The SMILES string of the molecule is C=C1[CH-]C1.[Li+]. The molecule has 0 bridgehead atoms. The van der Waals surface area contributed by atoms with Gasteiger partial charge in [-0.25, -0.2) is 18.6 Å². The van der Waals surface area contributed by atoms with Crippen LogP contribution in [0.5, 0.6) is 0 Å². The summed E-state index contributed by atoms with van der Waals surface area (Å²) >= 11 is 0. The van der Waals surface area contributed by atoms with Gasteiger partial charge in [0.05, 0.1) is 0 Å². The van der Waals surface area contributed by atoms with E-state index in [9.17, 15) is 0 Å². The van der Waals surface area contributed by atoms with E-state index in [1.807, 2.05) is 0 Å². The van der Waals surface area contributed by atoms with Crippen molar-refractivity contribution in [2.75, 3.05) is 0 Å². The third-order valence-corrected chi connectivity index (χ3v) is 0.493. The molecule has 1 heteroatoms. The van der Waals surface area contributed by atoms with E-state index < -0.39 is 0 Å². The van der Waals surface area contributed by atoms with E-state index in [1.54, 1.807) is 0 Å². The fraction of sp³-hybridized carbons (Fsp3) is 0.250. The van der Waals surface area contributed by atoms with E-state index in [0.29, 0.717) is 0 Å². The van der Waals surface area contributed by atoms with Gasteiger partial charge < -0.3 is 0 Å². The van der Waals surface area contributed by atoms with Gasteiger partial charge in [-0.3, -0.25) is 0 Å². The summed E-state index contributed by atoms with van der Waals surface area (Å²) < 4.78 is 0. The predicted molar refractivity (Wildman–Crippen MR) is 18.1 cm³/mol. The van der Waals surface area contributed by atoms with E-state index in [1.165, 1.54) is 12.0 Å². The number of hydrogen-bond acceptors (Lipinski definition) is 0. The first-order chi connectivity index (χ1) is 1.89. The monoisotopic (exact) mass is 60.1 g/mol. The third-order valence-electron chi connectivity index (χ3n) is 0.493. The number of rotatable bonds is 0. The van der Waals surface area contributed by atoms with Gasteiger partial charge in [0.25, 0.3) is 0 Å². The molecule has 0 aromatic carbocycles. The molecule has 5 heavy (non-hydrogen) atoms. The van der Waals surface area contributed by atoms with Crippen LogP contribution >= 0.6 is 0 Å². The van der Waals surface area contributed by atoms with Crippen LogP contribution in [0.1, 0.15) is 6.42 Å². The van der Waals surface area contributed by atoms with Crippen LogP contribution in [0, 0.1) is 6.42 Å². The molecule has 0 aromatic heterocycles. The summed E-state index contributed by atoms with van der Waals surface area (Å²) in [5, 5.41) is 0. The van der Waals surface area contributed by atoms with E-state index in [2.05, 4.69) is 13.0 Å². The van der Waals surface area contributed by atoms with Gasteiger partial charge in [-0.15, -0.1) is 6.42 Å². The molecular weight excluding hydrogens is 55.0 g/mol. The van der Waals surface area contributed by atoms with Crippen molar-refractivity contribution in [2.24, 2.45) is 0 Å². The second-order valence-corrected chi connectivity index (χ2v) is 1.07.